The van der Waals surface area contributed by atoms with Crippen molar-refractivity contribution in [2.24, 2.45) is 0 Å². The molecule has 3 rings (SSSR count). The molecule has 0 saturated carbocycles. The van der Waals surface area contributed by atoms with E-state index in [1.54, 1.807) is 12.1 Å². The molecule has 2 aromatic carbocycles. The van der Waals surface area contributed by atoms with Gasteiger partial charge in [0.25, 0.3) is 0 Å². The zero-order valence-electron chi connectivity index (χ0n) is 14.1. The Balaban J connectivity index is 1.62. The van der Waals surface area contributed by atoms with Gasteiger partial charge in [-0.15, -0.1) is 0 Å². The zero-order chi connectivity index (χ0) is 18.4. The average Bonchev–Trinajstić information content (AvgIpc) is 3.48. The molecule has 7 heteroatoms. The number of hydrogen-bond acceptors (Lipinski definition) is 6. The Morgan fingerprint density at radius 3 is 2.58 bits per heavy atom. The lowest BCUT2D eigenvalue weighted by Crippen LogP contribution is -2.30. The van der Waals surface area contributed by atoms with Gasteiger partial charge in [0.1, 0.15) is 30.8 Å². The van der Waals surface area contributed by atoms with Gasteiger partial charge < -0.3 is 24.3 Å². The maximum absolute atomic E-state index is 11.9. The summed E-state index contributed by atoms with van der Waals surface area (Å²) in [7, 11) is 0. The lowest BCUT2D eigenvalue weighted by molar-refractivity contribution is -0.137. The van der Waals surface area contributed by atoms with Gasteiger partial charge in [0.05, 0.1) is 13.2 Å². The Bertz CT molecular complexity index is 815. The molecule has 7 nitrogen and oxygen atoms in total. The third kappa shape index (κ3) is 4.73. The molecule has 1 saturated heterocycles. The summed E-state index contributed by atoms with van der Waals surface area (Å²) in [6.45, 7) is 4.68. The monoisotopic (exact) mass is 357 g/mol. The third-order valence-corrected chi connectivity index (χ3v) is 3.65. The van der Waals surface area contributed by atoms with Gasteiger partial charge in [-0.2, -0.15) is 0 Å². The summed E-state index contributed by atoms with van der Waals surface area (Å²) in [5.41, 5.74) is 0. The molecular weight excluding hydrogens is 338 g/mol. The Labute approximate surface area is 150 Å². The predicted molar refractivity (Wildman–Crippen MR) is 94.4 cm³/mol. The summed E-state index contributed by atoms with van der Waals surface area (Å²) in [4.78, 5) is 22.9. The van der Waals surface area contributed by atoms with Crippen LogP contribution >= 0.6 is 0 Å². The third-order valence-electron chi connectivity index (χ3n) is 3.65. The average molecular weight is 357 g/mol. The van der Waals surface area contributed by atoms with Crippen LogP contribution in [0.5, 0.6) is 11.5 Å². The molecule has 26 heavy (non-hydrogen) atoms. The Hall–Kier alpha value is -3.06. The van der Waals surface area contributed by atoms with E-state index in [4.69, 9.17) is 18.9 Å². The van der Waals surface area contributed by atoms with Crippen molar-refractivity contribution in [1.82, 2.24) is 5.32 Å². The van der Waals surface area contributed by atoms with Crippen LogP contribution in [-0.2, 0) is 14.3 Å². The molecular formula is C19H19NO6. The van der Waals surface area contributed by atoms with Gasteiger partial charge in [-0.1, -0.05) is 30.8 Å². The van der Waals surface area contributed by atoms with Gasteiger partial charge in [-0.05, 0) is 12.1 Å². The maximum Gasteiger partial charge on any atom is 0.412 e. The van der Waals surface area contributed by atoms with E-state index in [1.165, 1.54) is 0 Å². The summed E-state index contributed by atoms with van der Waals surface area (Å²) in [6, 6.07) is 10.9. The summed E-state index contributed by atoms with van der Waals surface area (Å²) >= 11 is 0. The van der Waals surface area contributed by atoms with E-state index < -0.39 is 12.1 Å². The van der Waals surface area contributed by atoms with Crippen LogP contribution in [0.15, 0.2) is 49.1 Å². The molecule has 1 heterocycles. The topological polar surface area (TPSA) is 86.4 Å². The van der Waals surface area contributed by atoms with Crippen molar-refractivity contribution >= 4 is 22.8 Å². The van der Waals surface area contributed by atoms with Crippen molar-refractivity contribution in [3.8, 4) is 11.5 Å². The number of amides is 1. The second-order valence-electron chi connectivity index (χ2n) is 5.56. The standard InChI is InChI=1S/C19H19NO6/c1-2-18(21)23-10-9-20-19(22)26-17-8-4-5-14-15(17)6-3-7-16(14)25-12-13-11-24-13/h2-8,13H,1,9-12H2,(H,20,22). The first-order valence-electron chi connectivity index (χ1n) is 8.18. The second kappa shape index (κ2) is 8.35. The number of benzene rings is 2. The van der Waals surface area contributed by atoms with E-state index in [1.807, 2.05) is 24.3 Å². The number of carbonyl (C=O) groups is 2. The molecule has 0 aromatic heterocycles. The second-order valence-corrected chi connectivity index (χ2v) is 5.56. The van der Waals surface area contributed by atoms with Crippen molar-refractivity contribution in [1.29, 1.82) is 0 Å². The number of esters is 1. The molecule has 2 aromatic rings. The molecule has 0 bridgehead atoms. The van der Waals surface area contributed by atoms with Crippen molar-refractivity contribution in [2.75, 3.05) is 26.4 Å². The van der Waals surface area contributed by atoms with Gasteiger partial charge in [0, 0.05) is 16.8 Å². The van der Waals surface area contributed by atoms with Crippen molar-refractivity contribution in [3.63, 3.8) is 0 Å². The van der Waals surface area contributed by atoms with Crippen molar-refractivity contribution in [3.05, 3.63) is 49.1 Å². The SMILES string of the molecule is C=CC(=O)OCCNC(=O)Oc1cccc2c(OCC3CO3)cccc12. The van der Waals surface area contributed by atoms with E-state index in [0.717, 1.165) is 23.5 Å². The van der Waals surface area contributed by atoms with Crippen LogP contribution in [0, 0.1) is 0 Å². The van der Waals surface area contributed by atoms with Crippen molar-refractivity contribution < 1.29 is 28.5 Å². The Morgan fingerprint density at radius 1 is 1.19 bits per heavy atom. The highest BCUT2D eigenvalue weighted by atomic mass is 16.6. The number of epoxide rings is 1. The number of rotatable bonds is 8. The summed E-state index contributed by atoms with van der Waals surface area (Å²) in [5, 5.41) is 4.12. The zero-order valence-corrected chi connectivity index (χ0v) is 14.1. The van der Waals surface area contributed by atoms with Crippen LogP contribution in [0.4, 0.5) is 4.79 Å². The van der Waals surface area contributed by atoms with Gasteiger partial charge in [0.15, 0.2) is 0 Å². The number of ether oxygens (including phenoxy) is 4. The number of carbonyl (C=O) groups excluding carboxylic acids is 2. The van der Waals surface area contributed by atoms with Crippen LogP contribution in [0.25, 0.3) is 10.8 Å². The lowest BCUT2D eigenvalue weighted by Gasteiger charge is -2.12. The molecule has 0 radical (unpaired) electrons. The molecule has 1 amide bonds. The summed E-state index contributed by atoms with van der Waals surface area (Å²) in [6.07, 6.45) is 0.583. The minimum atomic E-state index is -0.634. The van der Waals surface area contributed by atoms with Crippen LogP contribution in [-0.4, -0.2) is 44.5 Å². The molecule has 136 valence electrons. The van der Waals surface area contributed by atoms with E-state index >= 15 is 0 Å². The molecule has 0 spiro atoms. The van der Waals surface area contributed by atoms with Crippen LogP contribution in [0.3, 0.4) is 0 Å². The largest absolute Gasteiger partial charge is 0.490 e. The highest BCUT2D eigenvalue weighted by Gasteiger charge is 2.23. The van der Waals surface area contributed by atoms with Gasteiger partial charge in [-0.25, -0.2) is 9.59 Å². The minimum Gasteiger partial charge on any atom is -0.490 e. The lowest BCUT2D eigenvalue weighted by atomic mass is 10.1. The minimum absolute atomic E-state index is 0.0384. The van der Waals surface area contributed by atoms with Crippen LogP contribution in [0.1, 0.15) is 0 Å². The first kappa shape index (κ1) is 17.8. The molecule has 1 unspecified atom stereocenters. The molecule has 1 N–H and O–H groups in total. The van der Waals surface area contributed by atoms with Gasteiger partial charge in [0.2, 0.25) is 0 Å². The van der Waals surface area contributed by atoms with E-state index in [0.29, 0.717) is 18.1 Å². The fourth-order valence-corrected chi connectivity index (χ4v) is 2.31. The maximum atomic E-state index is 11.9. The van der Waals surface area contributed by atoms with E-state index in [2.05, 4.69) is 11.9 Å². The van der Waals surface area contributed by atoms with Gasteiger partial charge >= 0.3 is 12.1 Å². The van der Waals surface area contributed by atoms with Crippen LogP contribution in [0.2, 0.25) is 0 Å². The summed E-state index contributed by atoms with van der Waals surface area (Å²) < 4.78 is 21.1. The molecule has 0 aliphatic carbocycles. The number of fused-ring (bicyclic) bond motifs is 1. The fraction of sp³-hybridized carbons (Fsp3) is 0.263. The normalized spacial score (nSPS) is 15.2. The van der Waals surface area contributed by atoms with Crippen LogP contribution < -0.4 is 14.8 Å². The Kier molecular flexibility index (Phi) is 5.70. The van der Waals surface area contributed by atoms with E-state index in [9.17, 15) is 9.59 Å². The predicted octanol–water partition coefficient (Wildman–Crippen LogP) is 2.44. The highest BCUT2D eigenvalue weighted by Crippen LogP contribution is 2.32. The Morgan fingerprint density at radius 2 is 1.88 bits per heavy atom. The fourth-order valence-electron chi connectivity index (χ4n) is 2.31. The van der Waals surface area contributed by atoms with Gasteiger partial charge in [-0.3, -0.25) is 0 Å². The highest BCUT2D eigenvalue weighted by molar-refractivity contribution is 5.94. The molecule has 1 atom stereocenters. The first-order valence-corrected chi connectivity index (χ1v) is 8.18. The van der Waals surface area contributed by atoms with Crippen molar-refractivity contribution in [2.45, 2.75) is 6.10 Å². The smallest absolute Gasteiger partial charge is 0.412 e. The molecule has 1 fully saturated rings. The first-order chi connectivity index (χ1) is 12.7. The molecule has 1 aliphatic heterocycles. The molecule has 1 aliphatic rings. The quantitative estimate of drug-likeness (QED) is 0.338. The summed E-state index contributed by atoms with van der Waals surface area (Å²) in [5.74, 6) is 0.578. The van der Waals surface area contributed by atoms with E-state index in [-0.39, 0.29) is 19.3 Å². The number of hydrogen-bond donors (Lipinski definition) is 1. The number of nitrogens with one attached hydrogen (secondary N) is 1.